The maximum absolute atomic E-state index is 12.2. The molecule has 2 N–H and O–H groups in total. The molecule has 0 spiro atoms. The summed E-state index contributed by atoms with van der Waals surface area (Å²) >= 11 is 0. The van der Waals surface area contributed by atoms with Crippen molar-refractivity contribution in [2.24, 2.45) is 5.92 Å². The number of amides is 1. The van der Waals surface area contributed by atoms with Gasteiger partial charge >= 0.3 is 0 Å². The van der Waals surface area contributed by atoms with Crippen molar-refractivity contribution in [1.29, 1.82) is 0 Å². The van der Waals surface area contributed by atoms with Crippen molar-refractivity contribution in [2.75, 3.05) is 6.67 Å². The second-order valence-corrected chi connectivity index (χ2v) is 5.81. The molecule has 4 heteroatoms. The molecule has 0 aromatic heterocycles. The molecule has 1 aliphatic carbocycles. The maximum Gasteiger partial charge on any atom is 0.241 e. The molecule has 1 amide bonds. The van der Waals surface area contributed by atoms with E-state index in [9.17, 15) is 9.90 Å². The van der Waals surface area contributed by atoms with Gasteiger partial charge in [-0.15, -0.1) is 0 Å². The molecule has 2 aliphatic rings. The number of nitrogens with one attached hydrogen (secondary N) is 1. The van der Waals surface area contributed by atoms with Gasteiger partial charge in [0, 0.05) is 6.04 Å². The zero-order valence-corrected chi connectivity index (χ0v) is 10.9. The van der Waals surface area contributed by atoms with Gasteiger partial charge in [-0.05, 0) is 38.0 Å². The van der Waals surface area contributed by atoms with Crippen LogP contribution in [0.1, 0.15) is 46.0 Å². The van der Waals surface area contributed by atoms with Crippen LogP contribution in [0.4, 0.5) is 0 Å². The Morgan fingerprint density at radius 1 is 1.35 bits per heavy atom. The summed E-state index contributed by atoms with van der Waals surface area (Å²) in [6.07, 6.45) is 4.34. The highest BCUT2D eigenvalue weighted by Gasteiger charge is 2.36. The molecule has 2 fully saturated rings. The van der Waals surface area contributed by atoms with E-state index in [0.29, 0.717) is 18.6 Å². The number of hydrogen-bond acceptors (Lipinski definition) is 3. The van der Waals surface area contributed by atoms with Crippen LogP contribution in [0.2, 0.25) is 0 Å². The van der Waals surface area contributed by atoms with E-state index in [0.717, 1.165) is 32.1 Å². The van der Waals surface area contributed by atoms with Crippen LogP contribution in [0.5, 0.6) is 0 Å². The number of carbonyl (C=O) groups is 1. The minimum absolute atomic E-state index is 0.0156. The largest absolute Gasteiger partial charge is 0.393 e. The predicted molar refractivity (Wildman–Crippen MR) is 66.4 cm³/mol. The van der Waals surface area contributed by atoms with Crippen molar-refractivity contribution in [1.82, 2.24) is 10.2 Å². The van der Waals surface area contributed by atoms with Crippen LogP contribution in [0.3, 0.4) is 0 Å². The first-order chi connectivity index (χ1) is 8.08. The topological polar surface area (TPSA) is 52.6 Å². The third kappa shape index (κ3) is 2.99. The first-order valence-corrected chi connectivity index (χ1v) is 6.80. The number of nitrogens with zero attached hydrogens (tertiary/aromatic N) is 1. The van der Waals surface area contributed by atoms with Crippen LogP contribution in [0.25, 0.3) is 0 Å². The highest BCUT2D eigenvalue weighted by Crippen LogP contribution is 2.25. The van der Waals surface area contributed by atoms with Crippen LogP contribution >= 0.6 is 0 Å². The van der Waals surface area contributed by atoms with Crippen LogP contribution in [0.15, 0.2) is 0 Å². The summed E-state index contributed by atoms with van der Waals surface area (Å²) in [4.78, 5) is 14.2. The van der Waals surface area contributed by atoms with Crippen LogP contribution < -0.4 is 5.32 Å². The normalized spacial score (nSPS) is 34.7. The molecule has 2 rings (SSSR count). The van der Waals surface area contributed by atoms with E-state index in [1.54, 1.807) is 0 Å². The summed E-state index contributed by atoms with van der Waals surface area (Å²) in [6, 6.07) is 0.359. The molecule has 1 aliphatic heterocycles. The number of aliphatic hydroxyl groups is 1. The van der Waals surface area contributed by atoms with Gasteiger partial charge in [-0.25, -0.2) is 0 Å². The lowest BCUT2D eigenvalue weighted by atomic mass is 9.92. The molecular weight excluding hydrogens is 216 g/mol. The Bertz CT molecular complexity index is 273. The Morgan fingerprint density at radius 2 is 2.00 bits per heavy atom. The Morgan fingerprint density at radius 3 is 2.59 bits per heavy atom. The van der Waals surface area contributed by atoms with E-state index in [4.69, 9.17) is 0 Å². The van der Waals surface area contributed by atoms with Crippen LogP contribution in [-0.2, 0) is 4.79 Å². The Labute approximate surface area is 103 Å². The lowest BCUT2D eigenvalue weighted by molar-refractivity contribution is -0.132. The molecular formula is C13H24N2O2. The monoisotopic (exact) mass is 240 g/mol. The first-order valence-electron chi connectivity index (χ1n) is 6.80. The van der Waals surface area contributed by atoms with Crippen LogP contribution in [-0.4, -0.2) is 40.8 Å². The standard InChI is InChI=1S/C13H24N2O2/c1-9(2)7-12-13(17)15(8-14-12)10-3-5-11(16)6-4-10/h9-12,14,16H,3-8H2,1-2H3. The summed E-state index contributed by atoms with van der Waals surface area (Å²) in [5, 5.41) is 12.8. The molecule has 17 heavy (non-hydrogen) atoms. The Hall–Kier alpha value is -0.610. The highest BCUT2D eigenvalue weighted by atomic mass is 16.3. The molecule has 1 unspecified atom stereocenters. The molecule has 0 aromatic carbocycles. The first kappa shape index (κ1) is 12.8. The van der Waals surface area contributed by atoms with Gasteiger partial charge < -0.3 is 10.0 Å². The fraction of sp³-hybridized carbons (Fsp3) is 0.923. The highest BCUT2D eigenvalue weighted by molar-refractivity contribution is 5.84. The minimum Gasteiger partial charge on any atom is -0.393 e. The van der Waals surface area contributed by atoms with Crippen molar-refractivity contribution in [2.45, 2.75) is 64.1 Å². The van der Waals surface area contributed by atoms with Crippen molar-refractivity contribution in [3.8, 4) is 0 Å². The third-order valence-corrected chi connectivity index (χ3v) is 3.90. The quantitative estimate of drug-likeness (QED) is 0.776. The molecule has 1 saturated heterocycles. The van der Waals surface area contributed by atoms with Crippen molar-refractivity contribution in [3.63, 3.8) is 0 Å². The molecule has 0 bridgehead atoms. The Kier molecular flexibility index (Phi) is 4.05. The van der Waals surface area contributed by atoms with Gasteiger partial charge in [0.25, 0.3) is 0 Å². The van der Waals surface area contributed by atoms with E-state index in [2.05, 4.69) is 19.2 Å². The molecule has 4 nitrogen and oxygen atoms in total. The van der Waals surface area contributed by atoms with E-state index < -0.39 is 0 Å². The van der Waals surface area contributed by atoms with Gasteiger partial charge in [0.2, 0.25) is 5.91 Å². The molecule has 1 atom stereocenters. The zero-order valence-electron chi connectivity index (χ0n) is 10.9. The molecule has 1 heterocycles. The van der Waals surface area contributed by atoms with Gasteiger partial charge in [-0.1, -0.05) is 13.8 Å². The number of aliphatic hydroxyl groups excluding tert-OH is 1. The Balaban J connectivity index is 1.89. The van der Waals surface area contributed by atoms with E-state index in [1.807, 2.05) is 4.90 Å². The summed E-state index contributed by atoms with van der Waals surface area (Å²) in [6.45, 7) is 4.99. The average Bonchev–Trinajstić information content (AvgIpc) is 2.61. The molecule has 0 radical (unpaired) electrons. The molecule has 1 saturated carbocycles. The second kappa shape index (κ2) is 5.36. The van der Waals surface area contributed by atoms with Crippen LogP contribution in [0, 0.1) is 5.92 Å². The smallest absolute Gasteiger partial charge is 0.241 e. The second-order valence-electron chi connectivity index (χ2n) is 5.81. The predicted octanol–water partition coefficient (Wildman–Crippen LogP) is 1.09. The summed E-state index contributed by atoms with van der Waals surface area (Å²) in [5.74, 6) is 0.810. The lowest BCUT2D eigenvalue weighted by Crippen LogP contribution is -2.41. The fourth-order valence-corrected chi connectivity index (χ4v) is 2.91. The number of rotatable bonds is 3. The van der Waals surface area contributed by atoms with Gasteiger partial charge in [-0.2, -0.15) is 0 Å². The maximum atomic E-state index is 12.2. The van der Waals surface area contributed by atoms with E-state index in [-0.39, 0.29) is 18.1 Å². The average molecular weight is 240 g/mol. The van der Waals surface area contributed by atoms with Gasteiger partial charge in [-0.3, -0.25) is 10.1 Å². The van der Waals surface area contributed by atoms with Gasteiger partial charge in [0.15, 0.2) is 0 Å². The molecule has 0 aromatic rings. The number of carbonyl (C=O) groups excluding carboxylic acids is 1. The summed E-state index contributed by atoms with van der Waals surface area (Å²) in [7, 11) is 0. The van der Waals surface area contributed by atoms with Gasteiger partial charge in [0.05, 0.1) is 18.8 Å². The minimum atomic E-state index is -0.150. The number of hydrogen-bond donors (Lipinski definition) is 2. The van der Waals surface area contributed by atoms with Crippen molar-refractivity contribution >= 4 is 5.91 Å². The zero-order chi connectivity index (χ0) is 12.4. The van der Waals surface area contributed by atoms with E-state index in [1.165, 1.54) is 0 Å². The molecule has 98 valence electrons. The SMILES string of the molecule is CC(C)CC1NCN(C2CCC(O)CC2)C1=O. The summed E-state index contributed by atoms with van der Waals surface area (Å²) in [5.41, 5.74) is 0. The lowest BCUT2D eigenvalue weighted by Gasteiger charge is -2.32. The van der Waals surface area contributed by atoms with Crippen molar-refractivity contribution < 1.29 is 9.90 Å². The third-order valence-electron chi connectivity index (χ3n) is 3.90. The summed E-state index contributed by atoms with van der Waals surface area (Å²) < 4.78 is 0. The van der Waals surface area contributed by atoms with Gasteiger partial charge in [0.1, 0.15) is 0 Å². The van der Waals surface area contributed by atoms with E-state index >= 15 is 0 Å². The van der Waals surface area contributed by atoms with Crippen molar-refractivity contribution in [3.05, 3.63) is 0 Å². The fourth-order valence-electron chi connectivity index (χ4n) is 2.91.